The lowest BCUT2D eigenvalue weighted by Gasteiger charge is -2.24. The van der Waals surface area contributed by atoms with E-state index in [4.69, 9.17) is 0 Å². The molecule has 1 aromatic heterocycles. The summed E-state index contributed by atoms with van der Waals surface area (Å²) in [4.78, 5) is 12.1. The number of nitrogens with one attached hydrogen (secondary N) is 1. The van der Waals surface area contributed by atoms with Crippen LogP contribution in [0.5, 0.6) is 0 Å². The van der Waals surface area contributed by atoms with Gasteiger partial charge in [0.05, 0.1) is 0 Å². The lowest BCUT2D eigenvalue weighted by atomic mass is 10.2. The van der Waals surface area contributed by atoms with Gasteiger partial charge in [-0.3, -0.25) is 0 Å². The summed E-state index contributed by atoms with van der Waals surface area (Å²) in [5.74, 6) is 0.919. The van der Waals surface area contributed by atoms with Crippen LogP contribution in [0.1, 0.15) is 13.8 Å². The zero-order valence-corrected chi connectivity index (χ0v) is 12.6. The summed E-state index contributed by atoms with van der Waals surface area (Å²) in [6.45, 7) is 8.79. The van der Waals surface area contributed by atoms with Gasteiger partial charge in [0.15, 0.2) is 0 Å². The fourth-order valence-corrected chi connectivity index (χ4v) is 2.26. The Morgan fingerprint density at radius 1 is 1.05 bits per heavy atom. The van der Waals surface area contributed by atoms with Gasteiger partial charge in [0.25, 0.3) is 0 Å². The summed E-state index contributed by atoms with van der Waals surface area (Å²) < 4.78 is 0. The van der Waals surface area contributed by atoms with Crippen LogP contribution in [0.15, 0.2) is 36.7 Å². The van der Waals surface area contributed by atoms with Crippen molar-refractivity contribution in [3.05, 3.63) is 36.7 Å². The van der Waals surface area contributed by atoms with Gasteiger partial charge in [-0.05, 0) is 37.4 Å². The number of rotatable bonds is 7. The fraction of sp³-hybridized carbons (Fsp3) is 0.438. The summed E-state index contributed by atoms with van der Waals surface area (Å²) in [5, 5.41) is 0. The van der Waals surface area contributed by atoms with Gasteiger partial charge in [0, 0.05) is 43.8 Å². The van der Waals surface area contributed by atoms with Crippen molar-refractivity contribution in [2.45, 2.75) is 13.8 Å². The number of nitrogens with zero attached hydrogens (tertiary/aromatic N) is 3. The molecule has 4 nitrogen and oxygen atoms in total. The highest BCUT2D eigenvalue weighted by Crippen LogP contribution is 2.19. The van der Waals surface area contributed by atoms with Gasteiger partial charge in [0.2, 0.25) is 0 Å². The van der Waals surface area contributed by atoms with E-state index < -0.39 is 0 Å². The summed E-state index contributed by atoms with van der Waals surface area (Å²) in [5.41, 5.74) is 2.36. The maximum atomic E-state index is 4.27. The van der Waals surface area contributed by atoms with Crippen LogP contribution in [0, 0.1) is 0 Å². The van der Waals surface area contributed by atoms with E-state index in [-0.39, 0.29) is 0 Å². The summed E-state index contributed by atoms with van der Waals surface area (Å²) in [6, 6.07) is 8.53. The van der Waals surface area contributed by atoms with Gasteiger partial charge in [-0.15, -0.1) is 0 Å². The number of H-pyrrole nitrogens is 1. The third-order valence-corrected chi connectivity index (χ3v) is 3.73. The van der Waals surface area contributed by atoms with Crippen molar-refractivity contribution in [1.82, 2.24) is 14.9 Å². The van der Waals surface area contributed by atoms with Gasteiger partial charge in [-0.25, -0.2) is 4.98 Å². The number of aromatic amines is 1. The first kappa shape index (κ1) is 14.6. The van der Waals surface area contributed by atoms with E-state index in [1.807, 2.05) is 6.20 Å². The van der Waals surface area contributed by atoms with E-state index in [1.54, 1.807) is 6.20 Å². The van der Waals surface area contributed by atoms with E-state index in [9.17, 15) is 0 Å². The molecular weight excluding hydrogens is 248 g/mol. The predicted octanol–water partition coefficient (Wildman–Crippen LogP) is 2.85. The molecular formula is C16H24N4. The Labute approximate surface area is 121 Å². The molecule has 0 aliphatic carbocycles. The Morgan fingerprint density at radius 2 is 1.75 bits per heavy atom. The second-order valence-electron chi connectivity index (χ2n) is 4.93. The summed E-state index contributed by atoms with van der Waals surface area (Å²) in [7, 11) is 2.14. The molecule has 0 bridgehead atoms. The van der Waals surface area contributed by atoms with E-state index in [0.717, 1.165) is 37.6 Å². The third-order valence-electron chi connectivity index (χ3n) is 3.73. The monoisotopic (exact) mass is 272 g/mol. The molecule has 1 aromatic carbocycles. The van der Waals surface area contributed by atoms with Crippen LogP contribution in [-0.2, 0) is 0 Å². The molecule has 0 radical (unpaired) electrons. The molecule has 2 rings (SSSR count). The Kier molecular flexibility index (Phi) is 5.18. The molecule has 0 saturated heterocycles. The standard InChI is InChI=1S/C16H24N4/c1-4-20(5-2)13-12-19(3)15-8-6-14(7-9-15)16-17-10-11-18-16/h6-11H,4-5,12-13H2,1-3H3,(H,17,18). The molecule has 0 unspecified atom stereocenters. The van der Waals surface area contributed by atoms with Crippen molar-refractivity contribution >= 4 is 5.69 Å². The van der Waals surface area contributed by atoms with Crippen LogP contribution in [0.25, 0.3) is 11.4 Å². The van der Waals surface area contributed by atoms with E-state index in [1.165, 1.54) is 5.69 Å². The molecule has 1 N–H and O–H groups in total. The number of benzene rings is 1. The van der Waals surface area contributed by atoms with Crippen LogP contribution in [0.2, 0.25) is 0 Å². The highest BCUT2D eigenvalue weighted by molar-refractivity contribution is 5.60. The number of imidazole rings is 1. The molecule has 0 fully saturated rings. The van der Waals surface area contributed by atoms with Crippen molar-refractivity contribution in [2.75, 3.05) is 38.1 Å². The highest BCUT2D eigenvalue weighted by atomic mass is 15.2. The third kappa shape index (κ3) is 3.61. The number of hydrogen-bond acceptors (Lipinski definition) is 3. The topological polar surface area (TPSA) is 35.2 Å². The molecule has 0 aliphatic heterocycles. The lowest BCUT2D eigenvalue weighted by molar-refractivity contribution is 0.311. The van der Waals surface area contributed by atoms with Crippen molar-refractivity contribution in [3.63, 3.8) is 0 Å². The molecule has 1 heterocycles. The predicted molar refractivity (Wildman–Crippen MR) is 85.1 cm³/mol. The minimum absolute atomic E-state index is 0.919. The number of anilines is 1. The molecule has 20 heavy (non-hydrogen) atoms. The molecule has 4 heteroatoms. The molecule has 0 saturated carbocycles. The molecule has 108 valence electrons. The van der Waals surface area contributed by atoms with Gasteiger partial charge < -0.3 is 14.8 Å². The second kappa shape index (κ2) is 7.10. The first-order valence-corrected chi connectivity index (χ1v) is 7.28. The Bertz CT molecular complexity index is 486. The SMILES string of the molecule is CCN(CC)CCN(C)c1ccc(-c2ncc[nH]2)cc1. The zero-order chi connectivity index (χ0) is 14.4. The van der Waals surface area contributed by atoms with Gasteiger partial charge >= 0.3 is 0 Å². The second-order valence-corrected chi connectivity index (χ2v) is 4.93. The normalized spacial score (nSPS) is 11.0. The fourth-order valence-electron chi connectivity index (χ4n) is 2.26. The molecule has 2 aromatic rings. The van der Waals surface area contributed by atoms with Gasteiger partial charge in [-0.2, -0.15) is 0 Å². The first-order chi connectivity index (χ1) is 9.74. The van der Waals surface area contributed by atoms with Gasteiger partial charge in [-0.1, -0.05) is 13.8 Å². The molecule has 0 atom stereocenters. The summed E-state index contributed by atoms with van der Waals surface area (Å²) >= 11 is 0. The molecule has 0 aliphatic rings. The van der Waals surface area contributed by atoms with Crippen LogP contribution in [-0.4, -0.2) is 48.1 Å². The highest BCUT2D eigenvalue weighted by Gasteiger charge is 2.05. The average Bonchev–Trinajstić information content (AvgIpc) is 3.02. The number of likely N-dealkylation sites (N-methyl/N-ethyl adjacent to an activating group) is 2. The van der Waals surface area contributed by atoms with Gasteiger partial charge in [0.1, 0.15) is 5.82 Å². The van der Waals surface area contributed by atoms with Crippen LogP contribution >= 0.6 is 0 Å². The van der Waals surface area contributed by atoms with E-state index >= 15 is 0 Å². The zero-order valence-electron chi connectivity index (χ0n) is 12.6. The van der Waals surface area contributed by atoms with E-state index in [2.05, 4.69) is 64.9 Å². The van der Waals surface area contributed by atoms with Crippen LogP contribution in [0.3, 0.4) is 0 Å². The van der Waals surface area contributed by atoms with Crippen molar-refractivity contribution < 1.29 is 0 Å². The summed E-state index contributed by atoms with van der Waals surface area (Å²) in [6.07, 6.45) is 3.62. The number of aromatic nitrogens is 2. The quantitative estimate of drug-likeness (QED) is 0.842. The largest absolute Gasteiger partial charge is 0.373 e. The van der Waals surface area contributed by atoms with Crippen LogP contribution in [0.4, 0.5) is 5.69 Å². The molecule has 0 spiro atoms. The van der Waals surface area contributed by atoms with E-state index in [0.29, 0.717) is 0 Å². The first-order valence-electron chi connectivity index (χ1n) is 7.28. The van der Waals surface area contributed by atoms with Crippen molar-refractivity contribution in [2.24, 2.45) is 0 Å². The maximum absolute atomic E-state index is 4.27. The smallest absolute Gasteiger partial charge is 0.137 e. The maximum Gasteiger partial charge on any atom is 0.137 e. The Balaban J connectivity index is 1.95. The Hall–Kier alpha value is -1.81. The Morgan fingerprint density at radius 3 is 2.30 bits per heavy atom. The average molecular weight is 272 g/mol. The minimum Gasteiger partial charge on any atom is -0.373 e. The lowest BCUT2D eigenvalue weighted by Crippen LogP contribution is -2.33. The van der Waals surface area contributed by atoms with Crippen molar-refractivity contribution in [3.8, 4) is 11.4 Å². The van der Waals surface area contributed by atoms with Crippen molar-refractivity contribution in [1.29, 1.82) is 0 Å². The van der Waals surface area contributed by atoms with Crippen LogP contribution < -0.4 is 4.90 Å². The molecule has 0 amide bonds. The number of hydrogen-bond donors (Lipinski definition) is 1. The minimum atomic E-state index is 0.919.